The predicted molar refractivity (Wildman–Crippen MR) is 123 cm³/mol. The van der Waals surface area contributed by atoms with Gasteiger partial charge >= 0.3 is 0 Å². The molecule has 0 fully saturated rings. The van der Waals surface area contributed by atoms with Crippen LogP contribution in [0.3, 0.4) is 0 Å². The van der Waals surface area contributed by atoms with Crippen molar-refractivity contribution >= 4 is 51.8 Å². The number of carbonyl (C=O) groups excluding carboxylic acids is 1. The SMILES string of the molecule is O=C(NCCSc1c(-c2ccccc2)[nH]c2ccccc12)c1ccc(Cl)cc1Cl. The molecule has 4 rings (SSSR count). The van der Waals surface area contributed by atoms with Crippen LogP contribution in [0, 0.1) is 0 Å². The van der Waals surface area contributed by atoms with Crippen molar-refractivity contribution in [1.82, 2.24) is 10.3 Å². The lowest BCUT2D eigenvalue weighted by Crippen LogP contribution is -2.25. The number of fused-ring (bicyclic) bond motifs is 1. The van der Waals surface area contributed by atoms with E-state index in [9.17, 15) is 4.79 Å². The second kappa shape index (κ2) is 8.95. The Hall–Kier alpha value is -2.40. The fraction of sp³-hybridized carbons (Fsp3) is 0.0870. The lowest BCUT2D eigenvalue weighted by atomic mass is 10.1. The number of rotatable bonds is 6. The van der Waals surface area contributed by atoms with Gasteiger partial charge in [0.25, 0.3) is 5.91 Å². The first-order valence-electron chi connectivity index (χ1n) is 9.15. The van der Waals surface area contributed by atoms with Crippen LogP contribution < -0.4 is 5.32 Å². The fourth-order valence-corrected chi connectivity index (χ4v) is 4.71. The summed E-state index contributed by atoms with van der Waals surface area (Å²) in [4.78, 5) is 17.1. The molecule has 0 saturated heterocycles. The van der Waals surface area contributed by atoms with Gasteiger partial charge in [0, 0.05) is 33.1 Å². The van der Waals surface area contributed by atoms with Gasteiger partial charge in [-0.05, 0) is 29.8 Å². The molecular weight excluding hydrogens is 423 g/mol. The summed E-state index contributed by atoms with van der Waals surface area (Å²) in [7, 11) is 0. The Morgan fingerprint density at radius 3 is 2.52 bits per heavy atom. The Kier molecular flexibility index (Phi) is 6.14. The third kappa shape index (κ3) is 4.45. The average molecular weight is 441 g/mol. The van der Waals surface area contributed by atoms with E-state index in [0.29, 0.717) is 22.2 Å². The summed E-state index contributed by atoms with van der Waals surface area (Å²) in [6.45, 7) is 0.524. The predicted octanol–water partition coefficient (Wildman–Crippen LogP) is 6.66. The Morgan fingerprint density at radius 2 is 1.72 bits per heavy atom. The highest BCUT2D eigenvalue weighted by Gasteiger charge is 2.14. The van der Waals surface area contributed by atoms with Crippen LogP contribution in [0.1, 0.15) is 10.4 Å². The van der Waals surface area contributed by atoms with Gasteiger partial charge in [-0.3, -0.25) is 4.79 Å². The zero-order valence-corrected chi connectivity index (χ0v) is 17.7. The molecule has 1 aromatic heterocycles. The Bertz CT molecular complexity index is 1160. The molecule has 0 unspecified atom stereocenters. The molecule has 29 heavy (non-hydrogen) atoms. The van der Waals surface area contributed by atoms with Crippen molar-refractivity contribution in [2.75, 3.05) is 12.3 Å². The van der Waals surface area contributed by atoms with E-state index < -0.39 is 0 Å². The standard InChI is InChI=1S/C23H18Cl2N2OS/c24-16-10-11-17(19(25)14-16)23(28)26-12-13-29-22-18-8-4-5-9-20(18)27-21(22)15-6-2-1-3-7-15/h1-11,14,27H,12-13H2,(H,26,28). The molecular formula is C23H18Cl2N2OS. The molecule has 3 aromatic carbocycles. The minimum absolute atomic E-state index is 0.200. The minimum Gasteiger partial charge on any atom is -0.354 e. The van der Waals surface area contributed by atoms with Crippen molar-refractivity contribution in [3.63, 3.8) is 0 Å². The van der Waals surface area contributed by atoms with E-state index in [2.05, 4.69) is 34.6 Å². The zero-order chi connectivity index (χ0) is 20.2. The quantitative estimate of drug-likeness (QED) is 0.260. The maximum atomic E-state index is 12.4. The molecule has 0 saturated carbocycles. The number of benzene rings is 3. The molecule has 0 spiro atoms. The topological polar surface area (TPSA) is 44.9 Å². The number of aromatic amines is 1. The minimum atomic E-state index is -0.200. The number of hydrogen-bond acceptors (Lipinski definition) is 2. The lowest BCUT2D eigenvalue weighted by molar-refractivity contribution is 0.0956. The average Bonchev–Trinajstić information content (AvgIpc) is 3.10. The summed E-state index contributed by atoms with van der Waals surface area (Å²) in [5.74, 6) is 0.535. The van der Waals surface area contributed by atoms with Crippen LogP contribution in [0.15, 0.2) is 77.7 Å². The van der Waals surface area contributed by atoms with Crippen molar-refractivity contribution in [2.24, 2.45) is 0 Å². The van der Waals surface area contributed by atoms with Crippen LogP contribution >= 0.6 is 35.0 Å². The molecule has 0 aliphatic rings. The van der Waals surface area contributed by atoms with Crippen LogP contribution in [0.4, 0.5) is 0 Å². The Balaban J connectivity index is 1.48. The highest BCUT2D eigenvalue weighted by molar-refractivity contribution is 7.99. The number of halogens is 2. The van der Waals surface area contributed by atoms with Crippen molar-refractivity contribution in [2.45, 2.75) is 4.90 Å². The highest BCUT2D eigenvalue weighted by atomic mass is 35.5. The van der Waals surface area contributed by atoms with E-state index in [1.165, 1.54) is 10.3 Å². The first-order valence-corrected chi connectivity index (χ1v) is 10.9. The third-order valence-corrected chi connectivity index (χ3v) is 6.20. The summed E-state index contributed by atoms with van der Waals surface area (Å²) >= 11 is 13.7. The van der Waals surface area contributed by atoms with Gasteiger partial charge in [0.05, 0.1) is 16.3 Å². The largest absolute Gasteiger partial charge is 0.354 e. The second-order valence-corrected chi connectivity index (χ2v) is 8.42. The number of hydrogen-bond donors (Lipinski definition) is 2. The summed E-state index contributed by atoms with van der Waals surface area (Å²) in [5.41, 5.74) is 3.77. The summed E-state index contributed by atoms with van der Waals surface area (Å²) in [6.07, 6.45) is 0. The first-order chi connectivity index (χ1) is 14.1. The molecule has 6 heteroatoms. The molecule has 0 aliphatic carbocycles. The summed E-state index contributed by atoms with van der Waals surface area (Å²) < 4.78 is 0. The number of H-pyrrole nitrogens is 1. The smallest absolute Gasteiger partial charge is 0.252 e. The van der Waals surface area contributed by atoms with Crippen LogP contribution in [0.2, 0.25) is 10.0 Å². The molecule has 1 amide bonds. The van der Waals surface area contributed by atoms with Crippen LogP contribution in [-0.4, -0.2) is 23.2 Å². The molecule has 0 bridgehead atoms. The number of para-hydroxylation sites is 1. The molecule has 0 radical (unpaired) electrons. The molecule has 0 atom stereocenters. The number of aromatic nitrogens is 1. The van der Waals surface area contributed by atoms with Crippen molar-refractivity contribution < 1.29 is 4.79 Å². The maximum Gasteiger partial charge on any atom is 0.252 e. The molecule has 3 nitrogen and oxygen atoms in total. The molecule has 1 heterocycles. The van der Waals surface area contributed by atoms with E-state index >= 15 is 0 Å². The van der Waals surface area contributed by atoms with E-state index in [1.54, 1.807) is 30.0 Å². The van der Waals surface area contributed by atoms with Gasteiger partial charge in [-0.25, -0.2) is 0 Å². The van der Waals surface area contributed by atoms with Crippen molar-refractivity contribution in [3.8, 4) is 11.3 Å². The van der Waals surface area contributed by atoms with Gasteiger partial charge in [0.1, 0.15) is 0 Å². The first kappa shape index (κ1) is 19.9. The Labute approximate surface area is 183 Å². The number of thioether (sulfide) groups is 1. The number of carbonyl (C=O) groups is 1. The van der Waals surface area contributed by atoms with Crippen molar-refractivity contribution in [3.05, 3.63) is 88.4 Å². The zero-order valence-electron chi connectivity index (χ0n) is 15.4. The van der Waals surface area contributed by atoms with Crippen LogP contribution in [0.5, 0.6) is 0 Å². The van der Waals surface area contributed by atoms with Gasteiger partial charge in [0.2, 0.25) is 0 Å². The highest BCUT2D eigenvalue weighted by Crippen LogP contribution is 2.37. The van der Waals surface area contributed by atoms with Gasteiger partial charge in [-0.2, -0.15) is 0 Å². The van der Waals surface area contributed by atoms with Gasteiger partial charge < -0.3 is 10.3 Å². The van der Waals surface area contributed by atoms with E-state index in [1.807, 2.05) is 30.3 Å². The third-order valence-electron chi connectivity index (χ3n) is 4.53. The fourth-order valence-electron chi connectivity index (χ4n) is 3.16. The van der Waals surface area contributed by atoms with E-state index in [4.69, 9.17) is 23.2 Å². The molecule has 4 aromatic rings. The monoisotopic (exact) mass is 440 g/mol. The maximum absolute atomic E-state index is 12.4. The van der Waals surface area contributed by atoms with Crippen molar-refractivity contribution in [1.29, 1.82) is 0 Å². The summed E-state index contributed by atoms with van der Waals surface area (Å²) in [5, 5.41) is 4.98. The van der Waals surface area contributed by atoms with E-state index in [-0.39, 0.29) is 5.91 Å². The van der Waals surface area contributed by atoms with E-state index in [0.717, 1.165) is 22.5 Å². The number of amides is 1. The van der Waals surface area contributed by atoms with Gasteiger partial charge in [-0.1, -0.05) is 71.7 Å². The molecule has 2 N–H and O–H groups in total. The van der Waals surface area contributed by atoms with Gasteiger partial charge in [-0.15, -0.1) is 11.8 Å². The summed E-state index contributed by atoms with van der Waals surface area (Å²) in [6, 6.07) is 23.4. The normalized spacial score (nSPS) is 11.0. The number of nitrogens with one attached hydrogen (secondary N) is 2. The van der Waals surface area contributed by atoms with Crippen LogP contribution in [0.25, 0.3) is 22.2 Å². The molecule has 0 aliphatic heterocycles. The molecule has 146 valence electrons. The Morgan fingerprint density at radius 1 is 0.966 bits per heavy atom. The second-order valence-electron chi connectivity index (χ2n) is 6.47. The van der Waals surface area contributed by atoms with Crippen LogP contribution in [-0.2, 0) is 0 Å². The van der Waals surface area contributed by atoms with Gasteiger partial charge in [0.15, 0.2) is 0 Å². The lowest BCUT2D eigenvalue weighted by Gasteiger charge is -2.08.